The molecule has 0 aliphatic carbocycles. The Morgan fingerprint density at radius 1 is 0.538 bits per heavy atom. The summed E-state index contributed by atoms with van der Waals surface area (Å²) in [7, 11) is 0. The Labute approximate surface area is 156 Å². The van der Waals surface area contributed by atoms with Gasteiger partial charge in [-0.1, -0.05) is 66.7 Å². The third-order valence-electron chi connectivity index (χ3n) is 4.81. The van der Waals surface area contributed by atoms with Crippen molar-refractivity contribution < 1.29 is 0 Å². The molecule has 2 heteroatoms. The lowest BCUT2D eigenvalue weighted by molar-refractivity contribution is 1.59. The van der Waals surface area contributed by atoms with Gasteiger partial charge >= 0.3 is 0 Å². The molecule has 0 saturated carbocycles. The van der Waals surface area contributed by atoms with Gasteiger partial charge < -0.3 is 5.73 Å². The average molecular weight is 351 g/mol. The van der Waals surface area contributed by atoms with E-state index in [1.54, 1.807) is 0 Å². The van der Waals surface area contributed by atoms with Crippen molar-refractivity contribution >= 4 is 37.2 Å². The number of thiophene rings is 1. The fourth-order valence-corrected chi connectivity index (χ4v) is 4.73. The number of benzene rings is 4. The topological polar surface area (TPSA) is 26.0 Å². The van der Waals surface area contributed by atoms with Crippen molar-refractivity contribution in [1.29, 1.82) is 0 Å². The summed E-state index contributed by atoms with van der Waals surface area (Å²) >= 11 is 1.85. The summed E-state index contributed by atoms with van der Waals surface area (Å²) in [6, 6.07) is 32.0. The highest BCUT2D eigenvalue weighted by atomic mass is 32.1. The molecule has 0 atom stereocenters. The van der Waals surface area contributed by atoms with E-state index in [-0.39, 0.29) is 0 Å². The second kappa shape index (κ2) is 6.01. The van der Waals surface area contributed by atoms with E-state index < -0.39 is 0 Å². The molecule has 124 valence electrons. The molecule has 1 nitrogen and oxygen atoms in total. The molecule has 0 unspecified atom stereocenters. The molecule has 5 aromatic rings. The van der Waals surface area contributed by atoms with E-state index in [0.717, 1.165) is 11.3 Å². The smallest absolute Gasteiger partial charge is 0.0361 e. The molecule has 2 N–H and O–H groups in total. The number of nitrogen functional groups attached to an aromatic ring is 1. The lowest BCUT2D eigenvalue weighted by atomic mass is 9.94. The maximum atomic E-state index is 6.00. The van der Waals surface area contributed by atoms with Crippen LogP contribution in [0.25, 0.3) is 42.4 Å². The normalized spacial score (nSPS) is 11.2. The lowest BCUT2D eigenvalue weighted by Gasteiger charge is -2.11. The first kappa shape index (κ1) is 15.2. The largest absolute Gasteiger partial charge is 0.399 e. The van der Waals surface area contributed by atoms with Crippen LogP contribution in [0.2, 0.25) is 0 Å². The highest BCUT2D eigenvalue weighted by Crippen LogP contribution is 2.38. The molecule has 1 heterocycles. The van der Waals surface area contributed by atoms with Gasteiger partial charge in [-0.25, -0.2) is 0 Å². The summed E-state index contributed by atoms with van der Waals surface area (Å²) in [5.74, 6) is 0. The molecule has 0 amide bonds. The van der Waals surface area contributed by atoms with E-state index in [1.807, 2.05) is 29.5 Å². The molecule has 0 radical (unpaired) electrons. The summed E-state index contributed by atoms with van der Waals surface area (Å²) in [5.41, 5.74) is 11.6. The summed E-state index contributed by atoms with van der Waals surface area (Å²) in [6.45, 7) is 0. The fourth-order valence-electron chi connectivity index (χ4n) is 3.59. The Morgan fingerprint density at radius 2 is 1.23 bits per heavy atom. The zero-order valence-electron chi connectivity index (χ0n) is 14.1. The van der Waals surface area contributed by atoms with Gasteiger partial charge in [0.2, 0.25) is 0 Å². The molecule has 0 aliphatic heterocycles. The molecule has 0 aliphatic rings. The fraction of sp³-hybridized carbons (Fsp3) is 0. The minimum absolute atomic E-state index is 0.789. The third kappa shape index (κ3) is 2.47. The summed E-state index contributed by atoms with van der Waals surface area (Å²) in [4.78, 5) is 0. The van der Waals surface area contributed by atoms with E-state index in [4.69, 9.17) is 5.73 Å². The minimum atomic E-state index is 0.789. The van der Waals surface area contributed by atoms with Crippen LogP contribution in [0.4, 0.5) is 5.69 Å². The van der Waals surface area contributed by atoms with E-state index in [1.165, 1.54) is 36.9 Å². The van der Waals surface area contributed by atoms with Crippen molar-refractivity contribution in [3.05, 3.63) is 91.0 Å². The molecular weight excluding hydrogens is 334 g/mol. The van der Waals surface area contributed by atoms with Gasteiger partial charge in [-0.3, -0.25) is 0 Å². The van der Waals surface area contributed by atoms with Crippen LogP contribution in [0.3, 0.4) is 0 Å². The highest BCUT2D eigenvalue weighted by Gasteiger charge is 2.10. The summed E-state index contributed by atoms with van der Waals surface area (Å²) in [5, 5.41) is 2.67. The van der Waals surface area contributed by atoms with Gasteiger partial charge in [-0.05, 0) is 46.5 Å². The first-order valence-electron chi connectivity index (χ1n) is 8.66. The van der Waals surface area contributed by atoms with Crippen molar-refractivity contribution in [2.75, 3.05) is 5.73 Å². The van der Waals surface area contributed by atoms with Crippen molar-refractivity contribution in [1.82, 2.24) is 0 Å². The first-order valence-corrected chi connectivity index (χ1v) is 9.48. The Balaban J connectivity index is 1.72. The van der Waals surface area contributed by atoms with Crippen LogP contribution in [0.15, 0.2) is 91.0 Å². The molecule has 1 aromatic heterocycles. The Kier molecular flexibility index (Phi) is 3.51. The van der Waals surface area contributed by atoms with Crippen LogP contribution >= 0.6 is 11.3 Å². The quantitative estimate of drug-likeness (QED) is 0.341. The molecule has 0 spiro atoms. The zero-order chi connectivity index (χ0) is 17.5. The monoisotopic (exact) mass is 351 g/mol. The Hall–Kier alpha value is -3.10. The van der Waals surface area contributed by atoms with Gasteiger partial charge in [0, 0.05) is 25.9 Å². The Bertz CT molecular complexity index is 1250. The Morgan fingerprint density at radius 3 is 2.04 bits per heavy atom. The molecule has 4 aromatic carbocycles. The van der Waals surface area contributed by atoms with Gasteiger partial charge in [-0.2, -0.15) is 0 Å². The number of anilines is 1. The van der Waals surface area contributed by atoms with Gasteiger partial charge in [-0.15, -0.1) is 11.3 Å². The van der Waals surface area contributed by atoms with Crippen LogP contribution < -0.4 is 5.73 Å². The molecule has 0 fully saturated rings. The maximum Gasteiger partial charge on any atom is 0.0361 e. The van der Waals surface area contributed by atoms with Crippen molar-refractivity contribution in [2.45, 2.75) is 0 Å². The van der Waals surface area contributed by atoms with Crippen LogP contribution in [0.5, 0.6) is 0 Å². The number of fused-ring (bicyclic) bond motifs is 3. The van der Waals surface area contributed by atoms with Crippen LogP contribution in [-0.2, 0) is 0 Å². The lowest BCUT2D eigenvalue weighted by Crippen LogP contribution is -1.88. The van der Waals surface area contributed by atoms with Crippen molar-refractivity contribution in [3.8, 4) is 22.3 Å². The summed E-state index contributed by atoms with van der Waals surface area (Å²) < 4.78 is 2.66. The molecule has 5 rings (SSSR count). The minimum Gasteiger partial charge on any atom is -0.399 e. The molecular formula is C24H17NS. The standard InChI is InChI=1S/C24H17NS/c25-18-7-5-6-16(14-18)19-8-1-2-9-20(19)17-12-13-22-21-10-3-4-11-23(21)26-24(22)15-17/h1-15H,25H2. The van der Waals surface area contributed by atoms with Gasteiger partial charge in [0.1, 0.15) is 0 Å². The second-order valence-corrected chi connectivity index (χ2v) is 7.56. The molecule has 26 heavy (non-hydrogen) atoms. The average Bonchev–Trinajstić information content (AvgIpc) is 3.06. The number of nitrogens with two attached hydrogens (primary N) is 1. The van der Waals surface area contributed by atoms with Crippen molar-refractivity contribution in [3.63, 3.8) is 0 Å². The van der Waals surface area contributed by atoms with E-state index in [0.29, 0.717) is 0 Å². The second-order valence-electron chi connectivity index (χ2n) is 6.48. The van der Waals surface area contributed by atoms with Crippen molar-refractivity contribution in [2.24, 2.45) is 0 Å². The predicted octanol–water partition coefficient (Wildman–Crippen LogP) is 6.97. The number of hydrogen-bond donors (Lipinski definition) is 1. The maximum absolute atomic E-state index is 6.00. The van der Waals surface area contributed by atoms with Gasteiger partial charge in [0.15, 0.2) is 0 Å². The number of hydrogen-bond acceptors (Lipinski definition) is 2. The molecule has 0 saturated heterocycles. The van der Waals surface area contributed by atoms with Gasteiger partial charge in [0.25, 0.3) is 0 Å². The first-order chi connectivity index (χ1) is 12.8. The predicted molar refractivity (Wildman–Crippen MR) is 115 cm³/mol. The highest BCUT2D eigenvalue weighted by molar-refractivity contribution is 7.25. The SMILES string of the molecule is Nc1cccc(-c2ccccc2-c2ccc3c(c2)sc2ccccc23)c1. The van der Waals surface area contributed by atoms with Crippen LogP contribution in [0, 0.1) is 0 Å². The zero-order valence-corrected chi connectivity index (χ0v) is 15.0. The summed E-state index contributed by atoms with van der Waals surface area (Å²) in [6.07, 6.45) is 0. The third-order valence-corrected chi connectivity index (χ3v) is 5.95. The van der Waals surface area contributed by atoms with E-state index in [2.05, 4.69) is 72.8 Å². The van der Waals surface area contributed by atoms with Gasteiger partial charge in [0.05, 0.1) is 0 Å². The van der Waals surface area contributed by atoms with Crippen LogP contribution in [0.1, 0.15) is 0 Å². The van der Waals surface area contributed by atoms with Crippen LogP contribution in [-0.4, -0.2) is 0 Å². The molecule has 0 bridgehead atoms. The number of rotatable bonds is 2. The van der Waals surface area contributed by atoms with E-state index >= 15 is 0 Å². The van der Waals surface area contributed by atoms with E-state index in [9.17, 15) is 0 Å².